The number of ether oxygens (including phenoxy) is 1. The summed E-state index contributed by atoms with van der Waals surface area (Å²) >= 11 is 5.53. The molecule has 0 N–H and O–H groups in total. The van der Waals surface area contributed by atoms with Gasteiger partial charge >= 0.3 is 0 Å². The maximum atomic E-state index is 5.53. The Morgan fingerprint density at radius 2 is 2.43 bits per heavy atom. The average molecular weight is 210 g/mol. The van der Waals surface area contributed by atoms with E-state index >= 15 is 0 Å². The van der Waals surface area contributed by atoms with Gasteiger partial charge in [-0.25, -0.2) is 4.98 Å². The summed E-state index contributed by atoms with van der Waals surface area (Å²) in [4.78, 5) is 4.12. The van der Waals surface area contributed by atoms with Crippen LogP contribution in [0.3, 0.4) is 0 Å². The Balaban J connectivity index is 2.68. The number of hydrogen-bond donors (Lipinski definition) is 0. The first-order valence-electron chi connectivity index (χ1n) is 4.42. The van der Waals surface area contributed by atoms with Crippen LogP contribution in [0.25, 0.3) is 0 Å². The van der Waals surface area contributed by atoms with Gasteiger partial charge in [-0.3, -0.25) is 0 Å². The minimum atomic E-state index is 0.647. The minimum absolute atomic E-state index is 0.647. The van der Waals surface area contributed by atoms with Crippen molar-refractivity contribution >= 4 is 11.6 Å². The molecule has 0 aromatic carbocycles. The maximum Gasteiger partial charge on any atom is 0.155 e. The van der Waals surface area contributed by atoms with E-state index in [1.54, 1.807) is 13.3 Å². The zero-order chi connectivity index (χ0) is 10.2. The zero-order valence-corrected chi connectivity index (χ0v) is 8.84. The normalized spacial score (nSPS) is 9.00. The van der Waals surface area contributed by atoms with E-state index in [0.29, 0.717) is 17.3 Å². The molecule has 1 aromatic rings. The minimum Gasteiger partial charge on any atom is -0.494 e. The molecule has 0 bridgehead atoms. The fourth-order valence-corrected chi connectivity index (χ4v) is 1.08. The lowest BCUT2D eigenvalue weighted by molar-refractivity contribution is 0.411. The van der Waals surface area contributed by atoms with Crippen LogP contribution in [0.15, 0.2) is 18.3 Å². The van der Waals surface area contributed by atoms with Crippen molar-refractivity contribution in [2.45, 2.75) is 12.8 Å². The van der Waals surface area contributed by atoms with Crippen molar-refractivity contribution in [3.8, 4) is 17.6 Å². The largest absolute Gasteiger partial charge is 0.494 e. The molecule has 0 atom stereocenters. The summed E-state index contributed by atoms with van der Waals surface area (Å²) in [5.41, 5.74) is 0.685. The summed E-state index contributed by atoms with van der Waals surface area (Å²) in [6, 6.07) is 3.67. The van der Waals surface area contributed by atoms with Crippen molar-refractivity contribution in [3.05, 3.63) is 24.0 Å². The molecule has 0 radical (unpaired) electrons. The monoisotopic (exact) mass is 209 g/mol. The Hall–Kier alpha value is -1.20. The van der Waals surface area contributed by atoms with E-state index in [1.165, 1.54) is 0 Å². The quantitative estimate of drug-likeness (QED) is 0.434. The number of rotatable bonds is 3. The Kier molecular flexibility index (Phi) is 4.88. The maximum absolute atomic E-state index is 5.53. The molecule has 74 valence electrons. The Morgan fingerprint density at radius 1 is 1.57 bits per heavy atom. The van der Waals surface area contributed by atoms with E-state index in [1.807, 2.05) is 12.1 Å². The third kappa shape index (κ3) is 3.27. The smallest absolute Gasteiger partial charge is 0.155 e. The molecule has 3 heteroatoms. The molecule has 0 aliphatic heterocycles. The number of nitrogens with zero attached hydrogens (tertiary/aromatic N) is 1. The van der Waals surface area contributed by atoms with Crippen LogP contribution in [-0.4, -0.2) is 18.0 Å². The van der Waals surface area contributed by atoms with Gasteiger partial charge in [-0.05, 0) is 24.5 Å². The van der Waals surface area contributed by atoms with Crippen LogP contribution in [0.5, 0.6) is 5.75 Å². The molecule has 0 saturated heterocycles. The topological polar surface area (TPSA) is 22.1 Å². The van der Waals surface area contributed by atoms with Gasteiger partial charge in [-0.1, -0.05) is 5.92 Å². The summed E-state index contributed by atoms with van der Waals surface area (Å²) < 4.78 is 5.11. The third-order valence-electron chi connectivity index (χ3n) is 1.63. The van der Waals surface area contributed by atoms with Gasteiger partial charge in [0.15, 0.2) is 11.4 Å². The van der Waals surface area contributed by atoms with Crippen LogP contribution < -0.4 is 4.74 Å². The lowest BCUT2D eigenvalue weighted by Gasteiger charge is -1.99. The summed E-state index contributed by atoms with van der Waals surface area (Å²) in [6.45, 7) is 0. The summed E-state index contributed by atoms with van der Waals surface area (Å²) in [5, 5.41) is 0. The fourth-order valence-electron chi connectivity index (χ4n) is 0.951. The molecule has 1 aromatic heterocycles. The summed E-state index contributed by atoms with van der Waals surface area (Å²) in [7, 11) is 1.61. The van der Waals surface area contributed by atoms with Crippen LogP contribution >= 0.6 is 11.6 Å². The first-order valence-corrected chi connectivity index (χ1v) is 4.95. The summed E-state index contributed by atoms with van der Waals surface area (Å²) in [6.07, 6.45) is 3.40. The van der Waals surface area contributed by atoms with Gasteiger partial charge < -0.3 is 4.74 Å². The van der Waals surface area contributed by atoms with E-state index in [2.05, 4.69) is 16.8 Å². The van der Waals surface area contributed by atoms with Crippen molar-refractivity contribution < 1.29 is 4.74 Å². The molecule has 0 fully saturated rings. The van der Waals surface area contributed by atoms with E-state index in [-0.39, 0.29) is 0 Å². The van der Waals surface area contributed by atoms with E-state index in [9.17, 15) is 0 Å². The van der Waals surface area contributed by atoms with Crippen LogP contribution in [-0.2, 0) is 0 Å². The van der Waals surface area contributed by atoms with Crippen molar-refractivity contribution in [2.24, 2.45) is 0 Å². The lowest BCUT2D eigenvalue weighted by Crippen LogP contribution is -1.89. The van der Waals surface area contributed by atoms with Crippen LogP contribution in [0.2, 0.25) is 0 Å². The fraction of sp³-hybridized carbons (Fsp3) is 0.364. The van der Waals surface area contributed by atoms with Gasteiger partial charge in [-0.15, -0.1) is 11.6 Å². The molecule has 1 heterocycles. The summed E-state index contributed by atoms with van der Waals surface area (Å²) in [5.74, 6) is 7.32. The van der Waals surface area contributed by atoms with Crippen LogP contribution in [0.4, 0.5) is 0 Å². The van der Waals surface area contributed by atoms with Crippen molar-refractivity contribution in [3.63, 3.8) is 0 Å². The average Bonchev–Trinajstić information content (AvgIpc) is 2.25. The van der Waals surface area contributed by atoms with E-state index < -0.39 is 0 Å². The Labute approximate surface area is 89.3 Å². The molecule has 0 aliphatic carbocycles. The molecule has 0 amide bonds. The number of methoxy groups -OCH3 is 1. The molecular weight excluding hydrogens is 198 g/mol. The lowest BCUT2D eigenvalue weighted by atomic mass is 10.3. The van der Waals surface area contributed by atoms with Gasteiger partial charge in [0.05, 0.1) is 7.11 Å². The number of alkyl halides is 1. The second kappa shape index (κ2) is 6.28. The van der Waals surface area contributed by atoms with E-state index in [0.717, 1.165) is 12.8 Å². The Morgan fingerprint density at radius 3 is 3.14 bits per heavy atom. The van der Waals surface area contributed by atoms with E-state index in [4.69, 9.17) is 16.3 Å². The molecular formula is C11H12ClNO. The van der Waals surface area contributed by atoms with Gasteiger partial charge in [0.25, 0.3) is 0 Å². The molecule has 1 rings (SSSR count). The Bertz CT molecular complexity index is 341. The van der Waals surface area contributed by atoms with Gasteiger partial charge in [0.2, 0.25) is 0 Å². The van der Waals surface area contributed by atoms with Crippen LogP contribution in [0.1, 0.15) is 18.5 Å². The molecule has 0 aliphatic rings. The highest BCUT2D eigenvalue weighted by atomic mass is 35.5. The highest BCUT2D eigenvalue weighted by molar-refractivity contribution is 6.17. The number of pyridine rings is 1. The second-order valence-corrected chi connectivity index (χ2v) is 3.03. The zero-order valence-electron chi connectivity index (χ0n) is 8.09. The molecule has 14 heavy (non-hydrogen) atoms. The van der Waals surface area contributed by atoms with Crippen molar-refractivity contribution in [1.82, 2.24) is 4.98 Å². The highest BCUT2D eigenvalue weighted by Crippen LogP contribution is 2.12. The first-order chi connectivity index (χ1) is 6.88. The number of halogens is 1. The first kappa shape index (κ1) is 10.9. The van der Waals surface area contributed by atoms with Crippen molar-refractivity contribution in [1.29, 1.82) is 0 Å². The van der Waals surface area contributed by atoms with Crippen LogP contribution in [0, 0.1) is 11.8 Å². The number of hydrogen-bond acceptors (Lipinski definition) is 2. The predicted molar refractivity (Wildman–Crippen MR) is 57.6 cm³/mol. The predicted octanol–water partition coefficient (Wildman–Crippen LogP) is 2.46. The molecule has 0 spiro atoms. The van der Waals surface area contributed by atoms with Gasteiger partial charge in [0, 0.05) is 18.5 Å². The second-order valence-electron chi connectivity index (χ2n) is 2.65. The standard InChI is InChI=1S/C11H12ClNO/c1-14-11-7-5-9-13-10(11)6-3-2-4-8-12/h5,7,9H,2,4,8H2,1H3. The SMILES string of the molecule is COc1cccnc1C#CCCCCl. The van der Waals surface area contributed by atoms with Gasteiger partial charge in [-0.2, -0.15) is 0 Å². The molecule has 2 nitrogen and oxygen atoms in total. The van der Waals surface area contributed by atoms with Gasteiger partial charge in [0.1, 0.15) is 0 Å². The third-order valence-corrected chi connectivity index (χ3v) is 1.90. The highest BCUT2D eigenvalue weighted by Gasteiger charge is 1.97. The molecule has 0 unspecified atom stereocenters. The molecule has 0 saturated carbocycles. The van der Waals surface area contributed by atoms with Crippen molar-refractivity contribution in [2.75, 3.05) is 13.0 Å². The number of unbranched alkanes of at least 4 members (excludes halogenated alkanes) is 1. The number of aromatic nitrogens is 1.